The topological polar surface area (TPSA) is 88.6 Å². The van der Waals surface area contributed by atoms with Crippen LogP contribution >= 0.6 is 34.5 Å². The number of halogens is 2. The van der Waals surface area contributed by atoms with Crippen LogP contribution in [0.25, 0.3) is 11.3 Å². The number of hydrogen-bond acceptors (Lipinski definition) is 6. The fourth-order valence-corrected chi connectivity index (χ4v) is 5.42. The molecule has 0 atom stereocenters. The maximum absolute atomic E-state index is 12.7. The highest BCUT2D eigenvalue weighted by Crippen LogP contribution is 2.30. The number of nitrogens with one attached hydrogen (secondary N) is 1. The van der Waals surface area contributed by atoms with Crippen LogP contribution in [0.4, 0.5) is 5.13 Å². The fraction of sp³-hybridized carbons (Fsp3) is 0.200. The number of ether oxygens (including phenoxy) is 1. The first-order chi connectivity index (χ1) is 14.8. The number of nitrogens with zero attached hydrogens (tertiary/aromatic N) is 2. The zero-order valence-electron chi connectivity index (χ0n) is 16.0. The molecule has 1 aliphatic heterocycles. The van der Waals surface area contributed by atoms with Crippen molar-refractivity contribution in [3.8, 4) is 11.3 Å². The molecule has 0 unspecified atom stereocenters. The smallest absolute Gasteiger partial charge is 0.257 e. The van der Waals surface area contributed by atoms with Gasteiger partial charge in [0.05, 0.1) is 33.8 Å². The van der Waals surface area contributed by atoms with Crippen LogP contribution in [0.5, 0.6) is 0 Å². The van der Waals surface area contributed by atoms with Crippen molar-refractivity contribution in [2.45, 2.75) is 4.90 Å². The van der Waals surface area contributed by atoms with Crippen LogP contribution in [0.15, 0.2) is 52.7 Å². The number of amides is 1. The molecule has 2 heterocycles. The Labute approximate surface area is 193 Å². The molecule has 0 bridgehead atoms. The summed E-state index contributed by atoms with van der Waals surface area (Å²) in [7, 11) is -3.61. The number of anilines is 1. The van der Waals surface area contributed by atoms with Crippen LogP contribution in [0.2, 0.25) is 10.0 Å². The lowest BCUT2D eigenvalue weighted by atomic mass is 10.2. The Bertz CT molecular complexity index is 1210. The van der Waals surface area contributed by atoms with Gasteiger partial charge in [-0.05, 0) is 36.4 Å². The number of aromatic nitrogens is 1. The third-order valence-corrected chi connectivity index (χ3v) is 8.07. The number of hydrogen-bond donors (Lipinski definition) is 1. The van der Waals surface area contributed by atoms with Crippen LogP contribution in [0.3, 0.4) is 0 Å². The molecular weight excluding hydrogens is 481 g/mol. The average Bonchev–Trinajstić information content (AvgIpc) is 3.25. The minimum Gasteiger partial charge on any atom is -0.379 e. The maximum atomic E-state index is 12.7. The number of rotatable bonds is 5. The molecule has 0 aliphatic carbocycles. The largest absolute Gasteiger partial charge is 0.379 e. The molecule has 1 aromatic heterocycles. The second-order valence-electron chi connectivity index (χ2n) is 6.66. The molecule has 3 aromatic rings. The first-order valence-corrected chi connectivity index (χ1v) is 12.3. The first-order valence-electron chi connectivity index (χ1n) is 9.25. The van der Waals surface area contributed by atoms with Gasteiger partial charge in [0.25, 0.3) is 5.91 Å². The SMILES string of the molecule is O=C(Nc1nc(-c2ccc(Cl)c(Cl)c2)cs1)c1ccc(S(=O)(=O)N2CCOCC2)cc1. The lowest BCUT2D eigenvalue weighted by Crippen LogP contribution is -2.40. The Morgan fingerprint density at radius 1 is 1.06 bits per heavy atom. The van der Waals surface area contributed by atoms with E-state index in [0.29, 0.717) is 52.7 Å². The zero-order chi connectivity index (χ0) is 22.0. The van der Waals surface area contributed by atoms with Crippen LogP contribution < -0.4 is 5.32 Å². The Hall–Kier alpha value is -2.01. The molecule has 0 saturated carbocycles. The molecule has 11 heteroatoms. The molecular formula is C20H17Cl2N3O4S2. The van der Waals surface area contributed by atoms with Crippen molar-refractivity contribution >= 4 is 55.6 Å². The molecule has 1 saturated heterocycles. The minimum atomic E-state index is -3.61. The summed E-state index contributed by atoms with van der Waals surface area (Å²) in [5.41, 5.74) is 1.77. The number of carbonyl (C=O) groups excluding carboxylic acids is 1. The van der Waals surface area contributed by atoms with Crippen LogP contribution in [0.1, 0.15) is 10.4 Å². The number of carbonyl (C=O) groups is 1. The van der Waals surface area contributed by atoms with Gasteiger partial charge in [-0.2, -0.15) is 4.31 Å². The van der Waals surface area contributed by atoms with Gasteiger partial charge < -0.3 is 4.74 Å². The van der Waals surface area contributed by atoms with E-state index in [9.17, 15) is 13.2 Å². The van der Waals surface area contributed by atoms with Gasteiger partial charge in [0.1, 0.15) is 0 Å². The summed E-state index contributed by atoms with van der Waals surface area (Å²) in [4.78, 5) is 17.1. The quantitative estimate of drug-likeness (QED) is 0.564. The highest BCUT2D eigenvalue weighted by molar-refractivity contribution is 7.89. The van der Waals surface area contributed by atoms with Gasteiger partial charge in [0.2, 0.25) is 10.0 Å². The van der Waals surface area contributed by atoms with Gasteiger partial charge in [-0.3, -0.25) is 10.1 Å². The van der Waals surface area contributed by atoms with Gasteiger partial charge >= 0.3 is 0 Å². The second-order valence-corrected chi connectivity index (χ2v) is 10.3. The lowest BCUT2D eigenvalue weighted by molar-refractivity contribution is 0.0730. The van der Waals surface area contributed by atoms with Crippen molar-refractivity contribution in [3.63, 3.8) is 0 Å². The molecule has 162 valence electrons. The van der Waals surface area contributed by atoms with Crippen molar-refractivity contribution in [3.05, 3.63) is 63.5 Å². The van der Waals surface area contributed by atoms with Crippen LogP contribution in [-0.2, 0) is 14.8 Å². The first kappa shape index (κ1) is 22.2. The van der Waals surface area contributed by atoms with E-state index in [1.54, 1.807) is 23.6 Å². The zero-order valence-corrected chi connectivity index (χ0v) is 19.2. The van der Waals surface area contributed by atoms with Gasteiger partial charge in [-0.1, -0.05) is 29.3 Å². The van der Waals surface area contributed by atoms with E-state index in [-0.39, 0.29) is 10.8 Å². The summed E-state index contributed by atoms with van der Waals surface area (Å²) in [6.45, 7) is 1.38. The Balaban J connectivity index is 1.45. The highest BCUT2D eigenvalue weighted by atomic mass is 35.5. The molecule has 2 aromatic carbocycles. The lowest BCUT2D eigenvalue weighted by Gasteiger charge is -2.26. The molecule has 1 fully saturated rings. The summed E-state index contributed by atoms with van der Waals surface area (Å²) in [6, 6.07) is 11.0. The number of sulfonamides is 1. The maximum Gasteiger partial charge on any atom is 0.257 e. The van der Waals surface area contributed by atoms with E-state index >= 15 is 0 Å². The highest BCUT2D eigenvalue weighted by Gasteiger charge is 2.26. The van der Waals surface area contributed by atoms with E-state index in [1.807, 2.05) is 0 Å². The molecule has 0 spiro atoms. The number of benzene rings is 2. The van der Waals surface area contributed by atoms with E-state index in [2.05, 4.69) is 10.3 Å². The summed E-state index contributed by atoms with van der Waals surface area (Å²) in [5.74, 6) is -0.384. The van der Waals surface area contributed by atoms with E-state index in [0.717, 1.165) is 5.56 Å². The Morgan fingerprint density at radius 2 is 1.77 bits per heavy atom. The van der Waals surface area contributed by atoms with E-state index in [4.69, 9.17) is 27.9 Å². The molecule has 4 rings (SSSR count). The normalized spacial score (nSPS) is 15.0. The van der Waals surface area contributed by atoms with Gasteiger partial charge in [0.15, 0.2) is 5.13 Å². The average molecular weight is 498 g/mol. The molecule has 7 nitrogen and oxygen atoms in total. The van der Waals surface area contributed by atoms with Gasteiger partial charge in [-0.15, -0.1) is 11.3 Å². The monoisotopic (exact) mass is 497 g/mol. The molecule has 0 radical (unpaired) electrons. The Morgan fingerprint density at radius 3 is 2.45 bits per heavy atom. The van der Waals surface area contributed by atoms with Crippen molar-refractivity contribution in [1.82, 2.24) is 9.29 Å². The van der Waals surface area contributed by atoms with E-state index < -0.39 is 10.0 Å². The van der Waals surface area contributed by atoms with Crippen molar-refractivity contribution in [2.75, 3.05) is 31.6 Å². The summed E-state index contributed by atoms with van der Waals surface area (Å²) in [6.07, 6.45) is 0. The third kappa shape index (κ3) is 4.92. The van der Waals surface area contributed by atoms with Crippen molar-refractivity contribution in [1.29, 1.82) is 0 Å². The molecule has 1 aliphatic rings. The van der Waals surface area contributed by atoms with Crippen molar-refractivity contribution in [2.24, 2.45) is 0 Å². The van der Waals surface area contributed by atoms with E-state index in [1.165, 1.54) is 39.9 Å². The summed E-state index contributed by atoms with van der Waals surface area (Å²) < 4.78 is 32.0. The predicted molar refractivity (Wildman–Crippen MR) is 122 cm³/mol. The predicted octanol–water partition coefficient (Wildman–Crippen LogP) is 4.39. The molecule has 31 heavy (non-hydrogen) atoms. The second kappa shape index (κ2) is 9.23. The summed E-state index contributed by atoms with van der Waals surface area (Å²) >= 11 is 13.3. The standard InChI is InChI=1S/C20H17Cl2N3O4S2/c21-16-6-3-14(11-17(16)22)18-12-30-20(23-18)24-19(26)13-1-4-15(5-2-13)31(27,28)25-7-9-29-10-8-25/h1-6,11-12H,7-10H2,(H,23,24,26). The fourth-order valence-electron chi connectivity index (χ4n) is 3.00. The van der Waals surface area contributed by atoms with Crippen LogP contribution in [-0.4, -0.2) is 49.9 Å². The Kier molecular flexibility index (Phi) is 6.61. The number of morpholine rings is 1. The van der Waals surface area contributed by atoms with Gasteiger partial charge in [-0.25, -0.2) is 13.4 Å². The number of thiazole rings is 1. The van der Waals surface area contributed by atoms with Gasteiger partial charge in [0, 0.05) is 29.6 Å². The summed E-state index contributed by atoms with van der Waals surface area (Å²) in [5, 5.41) is 5.81. The van der Waals surface area contributed by atoms with Crippen molar-refractivity contribution < 1.29 is 17.9 Å². The molecule has 1 N–H and O–H groups in total. The molecule has 1 amide bonds. The van der Waals surface area contributed by atoms with Crippen LogP contribution in [0, 0.1) is 0 Å². The minimum absolute atomic E-state index is 0.141. The third-order valence-electron chi connectivity index (χ3n) is 4.66.